The van der Waals surface area contributed by atoms with E-state index in [1.54, 1.807) is 0 Å². The van der Waals surface area contributed by atoms with Crippen molar-refractivity contribution < 1.29 is 24.2 Å². The maximum absolute atomic E-state index is 12.1. The van der Waals surface area contributed by atoms with Gasteiger partial charge in [-0.3, -0.25) is 4.79 Å². The minimum absolute atomic E-state index is 0.0777. The molecule has 0 spiro atoms. The maximum Gasteiger partial charge on any atom is 0.335 e. The van der Waals surface area contributed by atoms with Crippen LogP contribution in [0.4, 0.5) is 5.69 Å². The molecule has 7 nitrogen and oxygen atoms in total. The molecule has 1 heterocycles. The summed E-state index contributed by atoms with van der Waals surface area (Å²) < 4.78 is 10.3. The fourth-order valence-electron chi connectivity index (χ4n) is 1.89. The molecule has 1 amide bonds. The zero-order valence-electron chi connectivity index (χ0n) is 11.0. The molecule has 1 unspecified atom stereocenters. The fraction of sp³-hybridized carbons (Fsp3) is 0.385. The summed E-state index contributed by atoms with van der Waals surface area (Å²) in [6, 6.07) is 3.83. The highest BCUT2D eigenvalue weighted by atomic mass is 16.5. The van der Waals surface area contributed by atoms with E-state index in [-0.39, 0.29) is 18.1 Å². The van der Waals surface area contributed by atoms with Crippen molar-refractivity contribution in [3.8, 4) is 5.75 Å². The Bertz CT molecular complexity index is 511. The predicted octanol–water partition coefficient (Wildman–Crippen LogP) is 0.320. The van der Waals surface area contributed by atoms with Crippen molar-refractivity contribution in [3.05, 3.63) is 23.8 Å². The number of benzene rings is 1. The second kappa shape index (κ2) is 6.36. The highest BCUT2D eigenvalue weighted by Crippen LogP contribution is 2.25. The molecule has 108 valence electrons. The molecule has 20 heavy (non-hydrogen) atoms. The molecule has 0 aliphatic carbocycles. The van der Waals surface area contributed by atoms with Crippen molar-refractivity contribution in [2.75, 3.05) is 32.2 Å². The first kappa shape index (κ1) is 14.3. The molecule has 3 N–H and O–H groups in total. The van der Waals surface area contributed by atoms with Crippen LogP contribution in [0.25, 0.3) is 0 Å². The molecule has 2 rings (SSSR count). The third-order valence-corrected chi connectivity index (χ3v) is 2.94. The Kier molecular flexibility index (Phi) is 4.54. The van der Waals surface area contributed by atoms with Gasteiger partial charge in [0.1, 0.15) is 11.8 Å². The van der Waals surface area contributed by atoms with Crippen LogP contribution in [0.1, 0.15) is 10.4 Å². The Morgan fingerprint density at radius 3 is 2.90 bits per heavy atom. The molecule has 0 bridgehead atoms. The normalized spacial score (nSPS) is 18.4. The number of carbonyl (C=O) groups is 2. The van der Waals surface area contributed by atoms with Crippen LogP contribution in [0, 0.1) is 0 Å². The van der Waals surface area contributed by atoms with Crippen LogP contribution in [0.5, 0.6) is 5.75 Å². The largest absolute Gasteiger partial charge is 0.495 e. The van der Waals surface area contributed by atoms with Crippen molar-refractivity contribution in [1.82, 2.24) is 5.32 Å². The Labute approximate surface area is 115 Å². The molecule has 0 saturated carbocycles. The summed E-state index contributed by atoms with van der Waals surface area (Å²) >= 11 is 0. The van der Waals surface area contributed by atoms with E-state index in [4.69, 9.17) is 14.6 Å². The summed E-state index contributed by atoms with van der Waals surface area (Å²) in [4.78, 5) is 23.0. The molecule has 0 radical (unpaired) electrons. The van der Waals surface area contributed by atoms with Gasteiger partial charge in [-0.2, -0.15) is 0 Å². The quantitative estimate of drug-likeness (QED) is 0.735. The summed E-state index contributed by atoms with van der Waals surface area (Å²) in [5, 5.41) is 14.6. The number of hydrogen-bond acceptors (Lipinski definition) is 5. The number of anilines is 1. The van der Waals surface area contributed by atoms with Crippen molar-refractivity contribution in [2.45, 2.75) is 6.04 Å². The summed E-state index contributed by atoms with van der Waals surface area (Å²) in [6.07, 6.45) is 0. The molecular formula is C13H16N2O5. The van der Waals surface area contributed by atoms with Gasteiger partial charge in [-0.25, -0.2) is 4.79 Å². The van der Waals surface area contributed by atoms with Crippen molar-refractivity contribution in [2.24, 2.45) is 0 Å². The number of ether oxygens (including phenoxy) is 2. The minimum atomic E-state index is -1.07. The van der Waals surface area contributed by atoms with E-state index in [9.17, 15) is 9.59 Å². The third kappa shape index (κ3) is 3.25. The Morgan fingerprint density at radius 2 is 2.30 bits per heavy atom. The van der Waals surface area contributed by atoms with E-state index in [0.29, 0.717) is 24.6 Å². The first-order chi connectivity index (χ1) is 9.61. The number of hydrogen-bond donors (Lipinski definition) is 3. The van der Waals surface area contributed by atoms with E-state index in [2.05, 4.69) is 10.6 Å². The van der Waals surface area contributed by atoms with Gasteiger partial charge in [-0.1, -0.05) is 0 Å². The van der Waals surface area contributed by atoms with Crippen molar-refractivity contribution in [1.29, 1.82) is 0 Å². The zero-order chi connectivity index (χ0) is 14.5. The van der Waals surface area contributed by atoms with Gasteiger partial charge in [0, 0.05) is 6.54 Å². The Hall–Kier alpha value is -2.12. The molecule has 1 aliphatic rings. The summed E-state index contributed by atoms with van der Waals surface area (Å²) in [6.45, 7) is 1.46. The van der Waals surface area contributed by atoms with Gasteiger partial charge in [-0.05, 0) is 18.2 Å². The topological polar surface area (TPSA) is 96.9 Å². The monoisotopic (exact) mass is 280 g/mol. The molecule has 1 aromatic carbocycles. The number of carbonyl (C=O) groups excluding carboxylic acids is 1. The van der Waals surface area contributed by atoms with Gasteiger partial charge in [0.25, 0.3) is 0 Å². The predicted molar refractivity (Wildman–Crippen MR) is 71.2 cm³/mol. The van der Waals surface area contributed by atoms with Crippen LogP contribution < -0.4 is 15.4 Å². The van der Waals surface area contributed by atoms with Crippen molar-refractivity contribution >= 4 is 17.6 Å². The molecule has 1 aliphatic heterocycles. The van der Waals surface area contributed by atoms with Gasteiger partial charge >= 0.3 is 5.97 Å². The van der Waals surface area contributed by atoms with Gasteiger partial charge < -0.3 is 25.2 Å². The third-order valence-electron chi connectivity index (χ3n) is 2.94. The number of methoxy groups -OCH3 is 1. The number of carboxylic acid groups (broad SMARTS) is 1. The molecule has 1 aromatic rings. The lowest BCUT2D eigenvalue weighted by molar-refractivity contribution is -0.120. The standard InChI is InChI=1S/C13H16N2O5/c1-19-11-3-2-8(13(17)18)6-9(11)15-12(16)10-7-20-5-4-14-10/h2-3,6,10,14H,4-5,7H2,1H3,(H,15,16)(H,17,18). The number of morpholine rings is 1. The van der Waals surface area contributed by atoms with Crippen LogP contribution in [0.2, 0.25) is 0 Å². The lowest BCUT2D eigenvalue weighted by atomic mass is 10.1. The summed E-state index contributed by atoms with van der Waals surface area (Å²) in [7, 11) is 1.45. The van der Waals surface area contributed by atoms with Crippen LogP contribution in [-0.2, 0) is 9.53 Å². The fourth-order valence-corrected chi connectivity index (χ4v) is 1.89. The lowest BCUT2D eigenvalue weighted by Crippen LogP contribution is -2.48. The number of carboxylic acids is 1. The van der Waals surface area contributed by atoms with Crippen LogP contribution >= 0.6 is 0 Å². The van der Waals surface area contributed by atoms with E-state index in [0.717, 1.165) is 0 Å². The minimum Gasteiger partial charge on any atom is -0.495 e. The molecule has 0 aromatic heterocycles. The summed E-state index contributed by atoms with van der Waals surface area (Å²) in [5.74, 6) is -0.951. The molecule has 1 atom stereocenters. The second-order valence-electron chi connectivity index (χ2n) is 4.29. The average Bonchev–Trinajstić information content (AvgIpc) is 2.48. The molecule has 1 fully saturated rings. The first-order valence-electron chi connectivity index (χ1n) is 6.15. The van der Waals surface area contributed by atoms with Gasteiger partial charge in [0.05, 0.1) is 31.6 Å². The van der Waals surface area contributed by atoms with E-state index >= 15 is 0 Å². The van der Waals surface area contributed by atoms with E-state index in [1.165, 1.54) is 25.3 Å². The molecule has 7 heteroatoms. The number of amides is 1. The van der Waals surface area contributed by atoms with Gasteiger partial charge in [-0.15, -0.1) is 0 Å². The molecule has 1 saturated heterocycles. The summed E-state index contributed by atoms with van der Waals surface area (Å²) in [5.41, 5.74) is 0.402. The van der Waals surface area contributed by atoms with Crippen LogP contribution in [-0.4, -0.2) is 49.9 Å². The number of nitrogens with one attached hydrogen (secondary N) is 2. The molecular weight excluding hydrogens is 264 g/mol. The highest BCUT2D eigenvalue weighted by molar-refractivity contribution is 5.98. The van der Waals surface area contributed by atoms with Gasteiger partial charge in [0.2, 0.25) is 5.91 Å². The van der Waals surface area contributed by atoms with Gasteiger partial charge in [0.15, 0.2) is 0 Å². The number of aromatic carboxylic acids is 1. The lowest BCUT2D eigenvalue weighted by Gasteiger charge is -2.23. The van der Waals surface area contributed by atoms with Crippen molar-refractivity contribution in [3.63, 3.8) is 0 Å². The first-order valence-corrected chi connectivity index (χ1v) is 6.15. The maximum atomic E-state index is 12.1. The Morgan fingerprint density at radius 1 is 1.50 bits per heavy atom. The van der Waals surface area contributed by atoms with E-state index < -0.39 is 12.0 Å². The number of rotatable bonds is 4. The highest BCUT2D eigenvalue weighted by Gasteiger charge is 2.22. The Balaban J connectivity index is 2.15. The smallest absolute Gasteiger partial charge is 0.335 e. The SMILES string of the molecule is COc1ccc(C(=O)O)cc1NC(=O)C1COCCN1. The van der Waals surface area contributed by atoms with Crippen LogP contribution in [0.15, 0.2) is 18.2 Å². The van der Waals surface area contributed by atoms with E-state index in [1.807, 2.05) is 0 Å². The second-order valence-corrected chi connectivity index (χ2v) is 4.29. The van der Waals surface area contributed by atoms with Crippen LogP contribution in [0.3, 0.4) is 0 Å². The zero-order valence-corrected chi connectivity index (χ0v) is 11.0. The average molecular weight is 280 g/mol.